The molecule has 82 valence electrons. The Hall–Kier alpha value is -1.88. The summed E-state index contributed by atoms with van der Waals surface area (Å²) in [5, 5.41) is 6.06. The molecule has 0 spiro atoms. The topological polar surface area (TPSA) is 55.1 Å². The monoisotopic (exact) mass is 236 g/mol. The van der Waals surface area contributed by atoms with Gasteiger partial charge in [-0.3, -0.25) is 4.79 Å². The van der Waals surface area contributed by atoms with Crippen molar-refractivity contribution >= 4 is 28.6 Å². The lowest BCUT2D eigenvalue weighted by Crippen LogP contribution is -2.12. The summed E-state index contributed by atoms with van der Waals surface area (Å²) < 4.78 is 12.9. The van der Waals surface area contributed by atoms with Crippen molar-refractivity contribution in [3.8, 4) is 0 Å². The summed E-state index contributed by atoms with van der Waals surface area (Å²) in [5.41, 5.74) is 6.77. The van der Waals surface area contributed by atoms with E-state index in [-0.39, 0.29) is 11.6 Å². The van der Waals surface area contributed by atoms with Crippen molar-refractivity contribution in [3.63, 3.8) is 0 Å². The highest BCUT2D eigenvalue weighted by molar-refractivity contribution is 7.08. The molecule has 0 fully saturated rings. The lowest BCUT2D eigenvalue weighted by atomic mass is 10.2. The van der Waals surface area contributed by atoms with Gasteiger partial charge in [-0.05, 0) is 29.6 Å². The Bertz CT molecular complexity index is 511. The number of thiophene rings is 1. The first-order valence-electron chi connectivity index (χ1n) is 4.55. The highest BCUT2D eigenvalue weighted by Crippen LogP contribution is 2.20. The zero-order valence-electron chi connectivity index (χ0n) is 8.24. The summed E-state index contributed by atoms with van der Waals surface area (Å²) in [6.07, 6.45) is 0. The fourth-order valence-electron chi connectivity index (χ4n) is 1.22. The van der Waals surface area contributed by atoms with E-state index in [4.69, 9.17) is 5.73 Å². The van der Waals surface area contributed by atoms with Gasteiger partial charge >= 0.3 is 0 Å². The second kappa shape index (κ2) is 4.32. The van der Waals surface area contributed by atoms with Crippen LogP contribution < -0.4 is 11.1 Å². The van der Waals surface area contributed by atoms with Gasteiger partial charge in [-0.2, -0.15) is 11.3 Å². The predicted molar refractivity (Wildman–Crippen MR) is 63.1 cm³/mol. The van der Waals surface area contributed by atoms with Crippen LogP contribution in [-0.4, -0.2) is 5.91 Å². The van der Waals surface area contributed by atoms with E-state index in [1.165, 1.54) is 29.5 Å². The Morgan fingerprint density at radius 1 is 1.38 bits per heavy atom. The number of nitrogens with one attached hydrogen (secondary N) is 1. The van der Waals surface area contributed by atoms with Crippen molar-refractivity contribution in [2.75, 3.05) is 11.1 Å². The summed E-state index contributed by atoms with van der Waals surface area (Å²) in [5.74, 6) is -0.728. The molecule has 3 nitrogen and oxygen atoms in total. The first-order chi connectivity index (χ1) is 7.66. The van der Waals surface area contributed by atoms with Gasteiger partial charge in [-0.25, -0.2) is 4.39 Å². The number of nitrogen functional groups attached to an aromatic ring is 1. The Morgan fingerprint density at radius 2 is 2.19 bits per heavy atom. The lowest BCUT2D eigenvalue weighted by Gasteiger charge is -2.06. The van der Waals surface area contributed by atoms with Crippen LogP contribution in [0.25, 0.3) is 0 Å². The highest BCUT2D eigenvalue weighted by Gasteiger charge is 2.08. The maximum absolute atomic E-state index is 12.9. The number of amides is 1. The molecular formula is C11H9FN2OS. The van der Waals surface area contributed by atoms with E-state index in [0.717, 1.165) is 0 Å². The normalized spacial score (nSPS) is 10.1. The first-order valence-corrected chi connectivity index (χ1v) is 5.49. The minimum Gasteiger partial charge on any atom is -0.397 e. The molecule has 16 heavy (non-hydrogen) atoms. The summed E-state index contributed by atoms with van der Waals surface area (Å²) in [6, 6.07) is 5.54. The minimum absolute atomic E-state index is 0.288. The van der Waals surface area contributed by atoms with Crippen molar-refractivity contribution in [2.24, 2.45) is 0 Å². The third-order valence-electron chi connectivity index (χ3n) is 2.05. The largest absolute Gasteiger partial charge is 0.397 e. The van der Waals surface area contributed by atoms with E-state index in [1.54, 1.807) is 16.8 Å². The quantitative estimate of drug-likeness (QED) is 0.788. The number of carbonyl (C=O) groups is 1. The summed E-state index contributed by atoms with van der Waals surface area (Å²) in [7, 11) is 0. The molecule has 0 aliphatic rings. The molecule has 1 amide bonds. The van der Waals surface area contributed by atoms with Crippen molar-refractivity contribution in [2.45, 2.75) is 0 Å². The van der Waals surface area contributed by atoms with E-state index in [9.17, 15) is 9.18 Å². The average molecular weight is 236 g/mol. The highest BCUT2D eigenvalue weighted by atomic mass is 32.1. The maximum Gasteiger partial charge on any atom is 0.256 e. The van der Waals surface area contributed by atoms with Gasteiger partial charge in [0, 0.05) is 5.38 Å². The summed E-state index contributed by atoms with van der Waals surface area (Å²) in [4.78, 5) is 11.7. The molecule has 0 saturated heterocycles. The molecule has 1 aromatic heterocycles. The summed E-state index contributed by atoms with van der Waals surface area (Å²) in [6.45, 7) is 0. The van der Waals surface area contributed by atoms with Gasteiger partial charge in [0.2, 0.25) is 0 Å². The molecule has 0 atom stereocenters. The molecule has 3 N–H and O–H groups in total. The van der Waals surface area contributed by atoms with Crippen molar-refractivity contribution in [1.29, 1.82) is 0 Å². The molecule has 0 aliphatic carbocycles. The van der Waals surface area contributed by atoms with Gasteiger partial charge in [-0.15, -0.1) is 0 Å². The van der Waals surface area contributed by atoms with Gasteiger partial charge in [0.1, 0.15) is 5.82 Å². The van der Waals surface area contributed by atoms with Crippen molar-refractivity contribution < 1.29 is 9.18 Å². The van der Waals surface area contributed by atoms with Gasteiger partial charge in [-0.1, -0.05) is 0 Å². The zero-order valence-corrected chi connectivity index (χ0v) is 9.05. The molecule has 1 aromatic carbocycles. The average Bonchev–Trinajstić information content (AvgIpc) is 2.76. The number of halogens is 1. The van der Waals surface area contributed by atoms with Crippen LogP contribution in [0.1, 0.15) is 10.4 Å². The standard InChI is InChI=1S/C11H9FN2OS/c12-8-1-2-9(13)10(5-8)14-11(15)7-3-4-16-6-7/h1-6H,13H2,(H,14,15). The third-order valence-corrected chi connectivity index (χ3v) is 2.73. The van der Waals surface area contributed by atoms with Crippen LogP contribution >= 0.6 is 11.3 Å². The summed E-state index contributed by atoms with van der Waals surface area (Å²) >= 11 is 1.42. The number of carbonyl (C=O) groups excluding carboxylic acids is 1. The smallest absolute Gasteiger partial charge is 0.256 e. The van der Waals surface area contributed by atoms with Gasteiger partial charge in [0.15, 0.2) is 0 Å². The van der Waals surface area contributed by atoms with Crippen LogP contribution in [0.4, 0.5) is 15.8 Å². The molecule has 0 unspecified atom stereocenters. The van der Waals surface area contributed by atoms with Crippen molar-refractivity contribution in [1.82, 2.24) is 0 Å². The fourth-order valence-corrected chi connectivity index (χ4v) is 1.86. The van der Waals surface area contributed by atoms with Gasteiger partial charge in [0.05, 0.1) is 16.9 Å². The number of anilines is 2. The number of rotatable bonds is 2. The molecule has 0 saturated carbocycles. The fraction of sp³-hybridized carbons (Fsp3) is 0. The Labute approximate surface area is 95.7 Å². The Balaban J connectivity index is 2.21. The van der Waals surface area contributed by atoms with E-state index < -0.39 is 5.82 Å². The van der Waals surface area contributed by atoms with Crippen LogP contribution in [0, 0.1) is 5.82 Å². The number of benzene rings is 1. The Kier molecular flexibility index (Phi) is 2.87. The molecule has 1 heterocycles. The van der Waals surface area contributed by atoms with Gasteiger partial charge in [0.25, 0.3) is 5.91 Å². The van der Waals surface area contributed by atoms with Crippen LogP contribution in [0.15, 0.2) is 35.0 Å². The number of hydrogen-bond acceptors (Lipinski definition) is 3. The number of hydrogen-bond donors (Lipinski definition) is 2. The van der Waals surface area contributed by atoms with E-state index >= 15 is 0 Å². The predicted octanol–water partition coefficient (Wildman–Crippen LogP) is 2.72. The molecule has 0 radical (unpaired) electrons. The second-order valence-electron chi connectivity index (χ2n) is 3.20. The SMILES string of the molecule is Nc1ccc(F)cc1NC(=O)c1ccsc1. The first kappa shape index (κ1) is 10.6. The lowest BCUT2D eigenvalue weighted by molar-refractivity contribution is 0.102. The van der Waals surface area contributed by atoms with E-state index in [2.05, 4.69) is 5.32 Å². The van der Waals surface area contributed by atoms with Gasteiger partial charge < -0.3 is 11.1 Å². The maximum atomic E-state index is 12.9. The van der Waals surface area contributed by atoms with Crippen LogP contribution in [0.3, 0.4) is 0 Å². The van der Waals surface area contributed by atoms with Crippen LogP contribution in [0.5, 0.6) is 0 Å². The number of nitrogens with two attached hydrogens (primary N) is 1. The zero-order chi connectivity index (χ0) is 11.5. The Morgan fingerprint density at radius 3 is 2.88 bits per heavy atom. The minimum atomic E-state index is -0.435. The molecule has 0 bridgehead atoms. The van der Waals surface area contributed by atoms with E-state index in [1.807, 2.05) is 0 Å². The molecule has 0 aliphatic heterocycles. The molecule has 2 rings (SSSR count). The van der Waals surface area contributed by atoms with E-state index in [0.29, 0.717) is 11.3 Å². The molecule has 5 heteroatoms. The third kappa shape index (κ3) is 2.20. The van der Waals surface area contributed by atoms with Crippen LogP contribution in [-0.2, 0) is 0 Å². The second-order valence-corrected chi connectivity index (χ2v) is 3.98. The molecule has 2 aromatic rings. The molecular weight excluding hydrogens is 227 g/mol. The van der Waals surface area contributed by atoms with Crippen LogP contribution in [0.2, 0.25) is 0 Å². The van der Waals surface area contributed by atoms with Crippen molar-refractivity contribution in [3.05, 3.63) is 46.4 Å².